The number of nitrogens with two attached hydrogens (primary N) is 1. The highest BCUT2D eigenvalue weighted by atomic mass is 16.6. The van der Waals surface area contributed by atoms with Crippen LogP contribution in [-0.4, -0.2) is 59.6 Å². The summed E-state index contributed by atoms with van der Waals surface area (Å²) >= 11 is 0. The molecule has 0 aromatic carbocycles. The van der Waals surface area contributed by atoms with Crippen LogP contribution in [0.1, 0.15) is 34.1 Å². The van der Waals surface area contributed by atoms with Gasteiger partial charge in [0, 0.05) is 20.1 Å². The topological polar surface area (TPSA) is 75.9 Å². The molecule has 6 nitrogen and oxygen atoms in total. The number of ether oxygens (including phenoxy) is 1. The second-order valence-electron chi connectivity index (χ2n) is 6.11. The fourth-order valence-electron chi connectivity index (χ4n) is 2.03. The number of nitrogens with zero attached hydrogens (tertiary/aromatic N) is 2. The van der Waals surface area contributed by atoms with E-state index in [1.54, 1.807) is 23.8 Å². The standard InChI is InChI=1S/C13H25N3O3/c1-9(14)11(17)16-7-6-10(8-16)15(5)12(18)19-13(2,3)4/h9-10H,6-8,14H2,1-5H3/t9-,10-/m0/s1. The third-order valence-corrected chi connectivity index (χ3v) is 3.09. The molecule has 0 aromatic heterocycles. The number of hydrogen-bond acceptors (Lipinski definition) is 4. The van der Waals surface area contributed by atoms with Crippen molar-refractivity contribution < 1.29 is 14.3 Å². The van der Waals surface area contributed by atoms with Gasteiger partial charge in [-0.15, -0.1) is 0 Å². The van der Waals surface area contributed by atoms with Crippen LogP contribution in [0.5, 0.6) is 0 Å². The van der Waals surface area contributed by atoms with Crippen molar-refractivity contribution >= 4 is 12.0 Å². The minimum absolute atomic E-state index is 0.00227. The normalized spacial score (nSPS) is 21.2. The van der Waals surface area contributed by atoms with Gasteiger partial charge in [0.1, 0.15) is 5.60 Å². The predicted octanol–water partition coefficient (Wildman–Crippen LogP) is 0.801. The fourth-order valence-corrected chi connectivity index (χ4v) is 2.03. The molecule has 0 saturated carbocycles. The summed E-state index contributed by atoms with van der Waals surface area (Å²) in [7, 11) is 1.71. The smallest absolute Gasteiger partial charge is 0.410 e. The molecule has 0 aromatic rings. The first-order chi connectivity index (χ1) is 8.61. The molecule has 6 heteroatoms. The Hall–Kier alpha value is -1.30. The summed E-state index contributed by atoms with van der Waals surface area (Å²) in [5.74, 6) is -0.0694. The van der Waals surface area contributed by atoms with Crippen LogP contribution >= 0.6 is 0 Å². The van der Waals surface area contributed by atoms with E-state index < -0.39 is 11.6 Å². The number of likely N-dealkylation sites (tertiary alicyclic amines) is 1. The lowest BCUT2D eigenvalue weighted by Crippen LogP contribution is -2.45. The van der Waals surface area contributed by atoms with E-state index in [-0.39, 0.29) is 18.0 Å². The molecule has 2 atom stereocenters. The number of hydrogen-bond donors (Lipinski definition) is 1. The summed E-state index contributed by atoms with van der Waals surface area (Å²) in [6.45, 7) is 8.33. The van der Waals surface area contributed by atoms with Gasteiger partial charge in [-0.1, -0.05) is 0 Å². The molecular formula is C13H25N3O3. The third kappa shape index (κ3) is 4.38. The molecule has 2 amide bonds. The molecule has 110 valence electrons. The molecule has 1 heterocycles. The summed E-state index contributed by atoms with van der Waals surface area (Å²) < 4.78 is 5.31. The number of carbonyl (C=O) groups is 2. The second-order valence-corrected chi connectivity index (χ2v) is 6.11. The Labute approximate surface area is 114 Å². The lowest BCUT2D eigenvalue weighted by atomic mass is 10.2. The second kappa shape index (κ2) is 5.77. The Morgan fingerprint density at radius 1 is 1.42 bits per heavy atom. The minimum atomic E-state index is -0.509. The monoisotopic (exact) mass is 271 g/mol. The van der Waals surface area contributed by atoms with Gasteiger partial charge < -0.3 is 20.3 Å². The molecule has 2 N–H and O–H groups in total. The zero-order valence-corrected chi connectivity index (χ0v) is 12.5. The molecule has 19 heavy (non-hydrogen) atoms. The summed E-state index contributed by atoms with van der Waals surface area (Å²) in [6, 6.07) is -0.497. The summed E-state index contributed by atoms with van der Waals surface area (Å²) in [6.07, 6.45) is 0.404. The van der Waals surface area contributed by atoms with Crippen molar-refractivity contribution in [3.05, 3.63) is 0 Å². The molecule has 0 bridgehead atoms. The Bertz CT molecular complexity index is 350. The molecular weight excluding hydrogens is 246 g/mol. The van der Waals surface area contributed by atoms with E-state index in [1.807, 2.05) is 20.8 Å². The van der Waals surface area contributed by atoms with Crippen molar-refractivity contribution in [2.45, 2.75) is 51.8 Å². The van der Waals surface area contributed by atoms with Crippen molar-refractivity contribution in [2.75, 3.05) is 20.1 Å². The molecule has 1 saturated heterocycles. The number of likely N-dealkylation sites (N-methyl/N-ethyl adjacent to an activating group) is 1. The molecule has 1 rings (SSSR count). The van der Waals surface area contributed by atoms with Gasteiger partial charge in [-0.3, -0.25) is 4.79 Å². The van der Waals surface area contributed by atoms with Gasteiger partial charge in [-0.2, -0.15) is 0 Å². The quantitative estimate of drug-likeness (QED) is 0.806. The Kier molecular flexibility index (Phi) is 4.79. The molecule has 0 radical (unpaired) electrons. The average Bonchev–Trinajstić information content (AvgIpc) is 2.73. The average molecular weight is 271 g/mol. The van der Waals surface area contributed by atoms with E-state index in [2.05, 4.69) is 0 Å². The summed E-state index contributed by atoms with van der Waals surface area (Å²) in [4.78, 5) is 27.0. The fraction of sp³-hybridized carbons (Fsp3) is 0.846. The van der Waals surface area contributed by atoms with Gasteiger partial charge in [0.05, 0.1) is 12.1 Å². The van der Waals surface area contributed by atoms with Crippen LogP contribution in [0.4, 0.5) is 4.79 Å². The Morgan fingerprint density at radius 2 is 2.00 bits per heavy atom. The highest BCUT2D eigenvalue weighted by Crippen LogP contribution is 2.18. The molecule has 1 fully saturated rings. The largest absolute Gasteiger partial charge is 0.444 e. The van der Waals surface area contributed by atoms with Crippen molar-refractivity contribution in [1.29, 1.82) is 0 Å². The highest BCUT2D eigenvalue weighted by Gasteiger charge is 2.33. The SMILES string of the molecule is C[C@H](N)C(=O)N1CC[C@H](N(C)C(=O)OC(C)(C)C)C1. The van der Waals surface area contributed by atoms with Crippen LogP contribution < -0.4 is 5.73 Å². The van der Waals surface area contributed by atoms with Crippen LogP contribution in [0.2, 0.25) is 0 Å². The van der Waals surface area contributed by atoms with Gasteiger partial charge in [-0.05, 0) is 34.1 Å². The predicted molar refractivity (Wildman–Crippen MR) is 72.6 cm³/mol. The number of rotatable bonds is 2. The molecule has 0 unspecified atom stereocenters. The highest BCUT2D eigenvalue weighted by molar-refractivity contribution is 5.81. The molecule has 0 aliphatic carbocycles. The van der Waals surface area contributed by atoms with Gasteiger partial charge in [0.2, 0.25) is 5.91 Å². The lowest BCUT2D eigenvalue weighted by molar-refractivity contribution is -0.131. The first-order valence-corrected chi connectivity index (χ1v) is 6.62. The van der Waals surface area contributed by atoms with Crippen molar-refractivity contribution in [1.82, 2.24) is 9.80 Å². The van der Waals surface area contributed by atoms with E-state index in [1.165, 1.54) is 0 Å². The van der Waals surface area contributed by atoms with Gasteiger partial charge in [0.25, 0.3) is 0 Å². The maximum absolute atomic E-state index is 11.9. The van der Waals surface area contributed by atoms with Crippen LogP contribution in [0.25, 0.3) is 0 Å². The maximum Gasteiger partial charge on any atom is 0.410 e. The summed E-state index contributed by atoms with van der Waals surface area (Å²) in [5, 5.41) is 0. The van der Waals surface area contributed by atoms with Gasteiger partial charge in [-0.25, -0.2) is 4.79 Å². The first kappa shape index (κ1) is 15.8. The maximum atomic E-state index is 11.9. The molecule has 0 spiro atoms. The summed E-state index contributed by atoms with van der Waals surface area (Å²) in [5.41, 5.74) is 5.08. The Balaban J connectivity index is 2.55. The van der Waals surface area contributed by atoms with E-state index in [0.717, 1.165) is 6.42 Å². The molecule has 1 aliphatic rings. The van der Waals surface area contributed by atoms with Gasteiger partial charge >= 0.3 is 6.09 Å². The van der Waals surface area contributed by atoms with E-state index >= 15 is 0 Å². The van der Waals surface area contributed by atoms with E-state index in [4.69, 9.17) is 10.5 Å². The zero-order chi connectivity index (χ0) is 14.8. The number of amides is 2. The van der Waals surface area contributed by atoms with E-state index in [9.17, 15) is 9.59 Å². The number of carbonyl (C=O) groups excluding carboxylic acids is 2. The first-order valence-electron chi connectivity index (χ1n) is 6.62. The third-order valence-electron chi connectivity index (χ3n) is 3.09. The zero-order valence-electron chi connectivity index (χ0n) is 12.5. The minimum Gasteiger partial charge on any atom is -0.444 e. The van der Waals surface area contributed by atoms with Crippen LogP contribution in [0.15, 0.2) is 0 Å². The van der Waals surface area contributed by atoms with E-state index in [0.29, 0.717) is 13.1 Å². The van der Waals surface area contributed by atoms with Crippen LogP contribution in [0, 0.1) is 0 Å². The van der Waals surface area contributed by atoms with Crippen molar-refractivity contribution in [3.8, 4) is 0 Å². The lowest BCUT2D eigenvalue weighted by Gasteiger charge is -2.28. The van der Waals surface area contributed by atoms with Gasteiger partial charge in [0.15, 0.2) is 0 Å². The van der Waals surface area contributed by atoms with Crippen LogP contribution in [-0.2, 0) is 9.53 Å². The van der Waals surface area contributed by atoms with Crippen molar-refractivity contribution in [3.63, 3.8) is 0 Å². The Morgan fingerprint density at radius 3 is 2.47 bits per heavy atom. The van der Waals surface area contributed by atoms with Crippen molar-refractivity contribution in [2.24, 2.45) is 5.73 Å². The van der Waals surface area contributed by atoms with Crippen LogP contribution in [0.3, 0.4) is 0 Å². The molecule has 1 aliphatic heterocycles.